The van der Waals surface area contributed by atoms with Crippen LogP contribution in [0, 0.1) is 0 Å². The Morgan fingerprint density at radius 2 is 1.25 bits per heavy atom. The van der Waals surface area contributed by atoms with Crippen LogP contribution in [-0.2, 0) is 23.9 Å². The third-order valence-electron chi connectivity index (χ3n) is 1.39. The number of carbonyl (C=O) groups excluding carboxylic acids is 3. The Morgan fingerprint density at radius 3 is 1.81 bits per heavy atom. The first-order chi connectivity index (χ1) is 7.60. The molecule has 0 aliphatic heterocycles. The van der Waals surface area contributed by atoms with Gasteiger partial charge < -0.3 is 9.47 Å². The Hall–Kier alpha value is -2.17. The summed E-state index contributed by atoms with van der Waals surface area (Å²) in [5.74, 6) is -1.51. The van der Waals surface area contributed by atoms with Crippen LogP contribution in [0.5, 0.6) is 0 Å². The molecule has 5 nitrogen and oxygen atoms in total. The molecule has 86 valence electrons. The van der Waals surface area contributed by atoms with E-state index >= 15 is 0 Å². The Balaban J connectivity index is 4.10. The number of ether oxygens (including phenoxy) is 2. The molecule has 0 N–H and O–H groups in total. The normalized spacial score (nSPS) is 11.1. The fourth-order valence-electron chi connectivity index (χ4n) is 0.626. The van der Waals surface area contributed by atoms with E-state index < -0.39 is 11.9 Å². The van der Waals surface area contributed by atoms with Gasteiger partial charge in [0, 0.05) is 12.2 Å². The summed E-state index contributed by atoms with van der Waals surface area (Å²) in [5, 5.41) is 0. The van der Waals surface area contributed by atoms with Gasteiger partial charge in [-0.15, -0.1) is 0 Å². The summed E-state index contributed by atoms with van der Waals surface area (Å²) < 4.78 is 8.63. The second-order valence-electron chi connectivity index (χ2n) is 2.50. The maximum absolute atomic E-state index is 11.0. The van der Waals surface area contributed by atoms with Gasteiger partial charge in [-0.1, -0.05) is 12.2 Å². The van der Waals surface area contributed by atoms with Crippen LogP contribution in [0.15, 0.2) is 36.5 Å². The molecule has 16 heavy (non-hydrogen) atoms. The van der Waals surface area contributed by atoms with Crippen LogP contribution >= 0.6 is 0 Å². The molecule has 0 aromatic heterocycles. The first-order valence-electron chi connectivity index (χ1n) is 4.33. The SMILES string of the molecule is COC(=O)/C=C/C=C/C(=O)/C=C/C(=O)OC. The lowest BCUT2D eigenvalue weighted by atomic mass is 10.3. The molecule has 0 spiro atoms. The van der Waals surface area contributed by atoms with Gasteiger partial charge in [-0.25, -0.2) is 9.59 Å². The number of hydrogen-bond acceptors (Lipinski definition) is 5. The van der Waals surface area contributed by atoms with Crippen molar-refractivity contribution < 1.29 is 23.9 Å². The summed E-state index contributed by atoms with van der Waals surface area (Å²) in [5.41, 5.74) is 0. The van der Waals surface area contributed by atoms with E-state index in [9.17, 15) is 14.4 Å². The van der Waals surface area contributed by atoms with Crippen molar-refractivity contribution in [3.8, 4) is 0 Å². The molecule has 0 saturated heterocycles. The van der Waals surface area contributed by atoms with Gasteiger partial charge in [0.05, 0.1) is 14.2 Å². The summed E-state index contributed by atoms with van der Waals surface area (Å²) in [6.45, 7) is 0. The molecule has 5 heteroatoms. The van der Waals surface area contributed by atoms with Crippen molar-refractivity contribution in [2.24, 2.45) is 0 Å². The van der Waals surface area contributed by atoms with E-state index in [1.54, 1.807) is 0 Å². The van der Waals surface area contributed by atoms with E-state index in [1.807, 2.05) is 0 Å². The van der Waals surface area contributed by atoms with Crippen LogP contribution in [-0.4, -0.2) is 31.9 Å². The van der Waals surface area contributed by atoms with Crippen LogP contribution in [0.4, 0.5) is 0 Å². The van der Waals surface area contributed by atoms with Crippen molar-refractivity contribution in [2.45, 2.75) is 0 Å². The van der Waals surface area contributed by atoms with Gasteiger partial charge >= 0.3 is 11.9 Å². The number of ketones is 1. The van der Waals surface area contributed by atoms with Crippen molar-refractivity contribution in [1.29, 1.82) is 0 Å². The second kappa shape index (κ2) is 8.16. The minimum atomic E-state index is -0.605. The minimum absolute atomic E-state index is 0.389. The Bertz CT molecular complexity index is 349. The topological polar surface area (TPSA) is 69.7 Å². The number of hydrogen-bond donors (Lipinski definition) is 0. The summed E-state index contributed by atoms with van der Waals surface area (Å²) in [6, 6.07) is 0. The molecule has 0 rings (SSSR count). The van der Waals surface area contributed by atoms with Gasteiger partial charge in [0.2, 0.25) is 0 Å². The summed E-state index contributed by atoms with van der Waals surface area (Å²) >= 11 is 0. The molecule has 0 saturated carbocycles. The summed E-state index contributed by atoms with van der Waals surface area (Å²) in [7, 11) is 2.47. The first-order valence-corrected chi connectivity index (χ1v) is 4.33. The smallest absolute Gasteiger partial charge is 0.330 e. The predicted molar refractivity (Wildman–Crippen MR) is 56.5 cm³/mol. The lowest BCUT2D eigenvalue weighted by Crippen LogP contribution is -1.96. The lowest BCUT2D eigenvalue weighted by molar-refractivity contribution is -0.135. The molecule has 0 aliphatic rings. The highest BCUT2D eigenvalue weighted by atomic mass is 16.5. The Labute approximate surface area is 93.0 Å². The fraction of sp³-hybridized carbons (Fsp3) is 0.182. The molecule has 0 aromatic carbocycles. The maximum Gasteiger partial charge on any atom is 0.330 e. The molecule has 0 aromatic rings. The number of carbonyl (C=O) groups is 3. The summed E-state index contributed by atoms with van der Waals surface area (Å²) in [6.07, 6.45) is 7.15. The average molecular weight is 224 g/mol. The first kappa shape index (κ1) is 13.8. The molecule has 0 atom stereocenters. The molecule has 0 unspecified atom stereocenters. The third kappa shape index (κ3) is 7.25. The zero-order chi connectivity index (χ0) is 12.4. The van der Waals surface area contributed by atoms with E-state index in [0.29, 0.717) is 0 Å². The van der Waals surface area contributed by atoms with Gasteiger partial charge in [-0.05, 0) is 12.2 Å². The van der Waals surface area contributed by atoms with Crippen molar-refractivity contribution >= 4 is 17.7 Å². The zero-order valence-electron chi connectivity index (χ0n) is 9.01. The maximum atomic E-state index is 11.0. The van der Waals surface area contributed by atoms with E-state index in [-0.39, 0.29) is 5.78 Å². The molecule has 0 heterocycles. The molecule has 0 radical (unpaired) electrons. The minimum Gasteiger partial charge on any atom is -0.466 e. The van der Waals surface area contributed by atoms with Gasteiger partial charge in [-0.2, -0.15) is 0 Å². The summed E-state index contributed by atoms with van der Waals surface area (Å²) in [4.78, 5) is 32.3. The Kier molecular flexibility index (Phi) is 7.06. The number of esters is 2. The van der Waals surface area contributed by atoms with E-state index in [1.165, 1.54) is 32.4 Å². The molecular weight excluding hydrogens is 212 g/mol. The quantitative estimate of drug-likeness (QED) is 0.388. The highest BCUT2D eigenvalue weighted by Gasteiger charge is 1.93. The molecule has 0 aliphatic carbocycles. The lowest BCUT2D eigenvalue weighted by Gasteiger charge is -1.87. The van der Waals surface area contributed by atoms with Gasteiger partial charge in [-0.3, -0.25) is 4.79 Å². The van der Waals surface area contributed by atoms with E-state index in [0.717, 1.165) is 18.2 Å². The highest BCUT2D eigenvalue weighted by molar-refractivity contribution is 6.02. The van der Waals surface area contributed by atoms with Crippen LogP contribution in [0.3, 0.4) is 0 Å². The van der Waals surface area contributed by atoms with Crippen molar-refractivity contribution in [3.63, 3.8) is 0 Å². The largest absolute Gasteiger partial charge is 0.466 e. The van der Waals surface area contributed by atoms with Crippen molar-refractivity contribution in [3.05, 3.63) is 36.5 Å². The van der Waals surface area contributed by atoms with E-state index in [2.05, 4.69) is 9.47 Å². The highest BCUT2D eigenvalue weighted by Crippen LogP contribution is 1.86. The Morgan fingerprint density at radius 1 is 0.750 bits per heavy atom. The average Bonchev–Trinajstić information content (AvgIpc) is 2.31. The fourth-order valence-corrected chi connectivity index (χ4v) is 0.626. The monoisotopic (exact) mass is 224 g/mol. The molecular formula is C11H12O5. The molecule has 0 fully saturated rings. The predicted octanol–water partition coefficient (Wildman–Crippen LogP) is 0.570. The van der Waals surface area contributed by atoms with Gasteiger partial charge in [0.25, 0.3) is 0 Å². The number of allylic oxidation sites excluding steroid dienone is 4. The van der Waals surface area contributed by atoms with Crippen LogP contribution in [0.25, 0.3) is 0 Å². The van der Waals surface area contributed by atoms with Gasteiger partial charge in [0.1, 0.15) is 0 Å². The van der Waals surface area contributed by atoms with Crippen molar-refractivity contribution in [2.75, 3.05) is 14.2 Å². The number of methoxy groups -OCH3 is 2. The van der Waals surface area contributed by atoms with Crippen molar-refractivity contribution in [1.82, 2.24) is 0 Å². The zero-order valence-corrected chi connectivity index (χ0v) is 9.01. The van der Waals surface area contributed by atoms with Gasteiger partial charge in [0.15, 0.2) is 5.78 Å². The number of rotatable bonds is 5. The second-order valence-corrected chi connectivity index (χ2v) is 2.50. The van der Waals surface area contributed by atoms with Crippen LogP contribution in [0.2, 0.25) is 0 Å². The van der Waals surface area contributed by atoms with E-state index in [4.69, 9.17) is 0 Å². The molecule has 0 amide bonds. The van der Waals surface area contributed by atoms with Crippen LogP contribution in [0.1, 0.15) is 0 Å². The standard InChI is InChI=1S/C11H12O5/c1-15-10(13)6-4-3-5-9(12)7-8-11(14)16-2/h3-8H,1-2H3/b5-3+,6-4+,8-7+. The van der Waals surface area contributed by atoms with Crippen LogP contribution < -0.4 is 0 Å². The third-order valence-corrected chi connectivity index (χ3v) is 1.39. The molecule has 0 bridgehead atoms.